The van der Waals surface area contributed by atoms with Crippen LogP contribution in [0.25, 0.3) is 0 Å². The number of nitrogens with zero attached hydrogens (tertiary/aromatic N) is 1. The van der Waals surface area contributed by atoms with Crippen molar-refractivity contribution in [1.29, 1.82) is 0 Å². The lowest BCUT2D eigenvalue weighted by Crippen LogP contribution is -2.11. The van der Waals surface area contributed by atoms with Gasteiger partial charge in [0.05, 0.1) is 0 Å². The molecule has 0 saturated carbocycles. The summed E-state index contributed by atoms with van der Waals surface area (Å²) < 4.78 is 0.724. The van der Waals surface area contributed by atoms with Crippen LogP contribution < -0.4 is 5.32 Å². The first kappa shape index (κ1) is 10.2. The SMILES string of the molecule is CCCC(=O)Nc1cccc(Br)n1. The van der Waals surface area contributed by atoms with Gasteiger partial charge in [0.25, 0.3) is 0 Å². The average molecular weight is 243 g/mol. The van der Waals surface area contributed by atoms with Crippen LogP contribution in [0.5, 0.6) is 0 Å². The molecule has 1 aromatic rings. The largest absolute Gasteiger partial charge is 0.311 e. The summed E-state index contributed by atoms with van der Waals surface area (Å²) >= 11 is 3.23. The van der Waals surface area contributed by atoms with Gasteiger partial charge in [0.15, 0.2) is 0 Å². The molecule has 0 radical (unpaired) electrons. The number of anilines is 1. The molecule has 0 aliphatic carbocycles. The third-order valence-electron chi connectivity index (χ3n) is 1.46. The molecular weight excluding hydrogens is 232 g/mol. The van der Waals surface area contributed by atoms with Gasteiger partial charge in [-0.3, -0.25) is 4.79 Å². The van der Waals surface area contributed by atoms with Gasteiger partial charge in [-0.05, 0) is 34.5 Å². The number of amides is 1. The molecule has 1 aromatic heterocycles. The summed E-state index contributed by atoms with van der Waals surface area (Å²) in [6.07, 6.45) is 1.38. The maximum atomic E-state index is 11.2. The standard InChI is InChI=1S/C9H11BrN2O/c1-2-4-9(13)12-8-6-3-5-7(10)11-8/h3,5-6H,2,4H2,1H3,(H,11,12,13). The Hall–Kier alpha value is -0.900. The molecule has 1 N–H and O–H groups in total. The van der Waals surface area contributed by atoms with E-state index in [1.54, 1.807) is 6.07 Å². The molecule has 0 bridgehead atoms. The van der Waals surface area contributed by atoms with E-state index in [1.165, 1.54) is 0 Å². The van der Waals surface area contributed by atoms with Crippen molar-refractivity contribution in [3.05, 3.63) is 22.8 Å². The van der Waals surface area contributed by atoms with Crippen molar-refractivity contribution in [3.63, 3.8) is 0 Å². The second-order valence-corrected chi connectivity index (χ2v) is 3.46. The molecule has 0 spiro atoms. The maximum absolute atomic E-state index is 11.2. The van der Waals surface area contributed by atoms with E-state index in [-0.39, 0.29) is 5.91 Å². The summed E-state index contributed by atoms with van der Waals surface area (Å²) in [5, 5.41) is 2.70. The molecule has 0 aliphatic rings. The molecule has 0 aromatic carbocycles. The van der Waals surface area contributed by atoms with Crippen LogP contribution in [-0.2, 0) is 4.79 Å². The van der Waals surface area contributed by atoms with Gasteiger partial charge in [-0.1, -0.05) is 13.0 Å². The Kier molecular flexibility index (Phi) is 3.89. The van der Waals surface area contributed by atoms with Gasteiger partial charge in [0, 0.05) is 6.42 Å². The molecule has 1 heterocycles. The zero-order valence-electron chi connectivity index (χ0n) is 7.38. The fraction of sp³-hybridized carbons (Fsp3) is 0.333. The molecule has 4 heteroatoms. The number of carbonyl (C=O) groups is 1. The van der Waals surface area contributed by atoms with Crippen LogP contribution in [-0.4, -0.2) is 10.9 Å². The highest BCUT2D eigenvalue weighted by atomic mass is 79.9. The minimum atomic E-state index is 0.00750. The highest BCUT2D eigenvalue weighted by Crippen LogP contribution is 2.10. The summed E-state index contributed by atoms with van der Waals surface area (Å²) in [4.78, 5) is 15.2. The first-order chi connectivity index (χ1) is 6.22. The van der Waals surface area contributed by atoms with Crippen LogP contribution in [0.2, 0.25) is 0 Å². The lowest BCUT2D eigenvalue weighted by atomic mass is 10.3. The van der Waals surface area contributed by atoms with Gasteiger partial charge in [-0.25, -0.2) is 4.98 Å². The van der Waals surface area contributed by atoms with Gasteiger partial charge in [0.1, 0.15) is 10.4 Å². The third kappa shape index (κ3) is 3.55. The van der Waals surface area contributed by atoms with Crippen molar-refractivity contribution < 1.29 is 4.79 Å². The number of aromatic nitrogens is 1. The molecule has 0 atom stereocenters. The van der Waals surface area contributed by atoms with Gasteiger partial charge in [-0.2, -0.15) is 0 Å². The molecule has 70 valence electrons. The first-order valence-electron chi connectivity index (χ1n) is 4.14. The van der Waals surface area contributed by atoms with Gasteiger partial charge >= 0.3 is 0 Å². The Morgan fingerprint density at radius 3 is 3.00 bits per heavy atom. The van der Waals surface area contributed by atoms with E-state index in [1.807, 2.05) is 19.1 Å². The van der Waals surface area contributed by atoms with Crippen LogP contribution in [0, 0.1) is 0 Å². The highest BCUT2D eigenvalue weighted by molar-refractivity contribution is 9.10. The number of pyridine rings is 1. The van der Waals surface area contributed by atoms with Crippen molar-refractivity contribution in [2.75, 3.05) is 5.32 Å². The number of hydrogen-bond donors (Lipinski definition) is 1. The Balaban J connectivity index is 2.58. The summed E-state index contributed by atoms with van der Waals surface area (Å²) in [5.41, 5.74) is 0. The number of halogens is 1. The minimum Gasteiger partial charge on any atom is -0.311 e. The second kappa shape index (κ2) is 4.97. The minimum absolute atomic E-state index is 0.00750. The average Bonchev–Trinajstić information content (AvgIpc) is 2.04. The smallest absolute Gasteiger partial charge is 0.225 e. The number of hydrogen-bond acceptors (Lipinski definition) is 2. The summed E-state index contributed by atoms with van der Waals surface area (Å²) in [6, 6.07) is 5.41. The Morgan fingerprint density at radius 1 is 1.62 bits per heavy atom. The molecule has 0 unspecified atom stereocenters. The van der Waals surface area contributed by atoms with Crippen LogP contribution in [0.3, 0.4) is 0 Å². The van der Waals surface area contributed by atoms with E-state index < -0.39 is 0 Å². The van der Waals surface area contributed by atoms with E-state index in [0.717, 1.165) is 11.0 Å². The van der Waals surface area contributed by atoms with Gasteiger partial charge in [-0.15, -0.1) is 0 Å². The van der Waals surface area contributed by atoms with E-state index in [2.05, 4.69) is 26.2 Å². The highest BCUT2D eigenvalue weighted by Gasteiger charge is 2.00. The van der Waals surface area contributed by atoms with Gasteiger partial charge < -0.3 is 5.32 Å². The summed E-state index contributed by atoms with van der Waals surface area (Å²) in [5.74, 6) is 0.598. The fourth-order valence-electron chi connectivity index (χ4n) is 0.910. The van der Waals surface area contributed by atoms with Crippen molar-refractivity contribution in [1.82, 2.24) is 4.98 Å². The first-order valence-corrected chi connectivity index (χ1v) is 4.94. The third-order valence-corrected chi connectivity index (χ3v) is 1.90. The van der Waals surface area contributed by atoms with Crippen molar-refractivity contribution >= 4 is 27.7 Å². The second-order valence-electron chi connectivity index (χ2n) is 2.64. The molecule has 0 saturated heterocycles. The summed E-state index contributed by atoms with van der Waals surface area (Å²) in [6.45, 7) is 1.97. The predicted octanol–water partition coefficient (Wildman–Crippen LogP) is 2.58. The number of nitrogens with one attached hydrogen (secondary N) is 1. The molecule has 13 heavy (non-hydrogen) atoms. The van der Waals surface area contributed by atoms with Crippen LogP contribution in [0.4, 0.5) is 5.82 Å². The molecule has 0 fully saturated rings. The molecule has 1 amide bonds. The predicted molar refractivity (Wildman–Crippen MR) is 55.5 cm³/mol. The number of rotatable bonds is 3. The molecule has 0 aliphatic heterocycles. The van der Waals surface area contributed by atoms with Crippen molar-refractivity contribution in [3.8, 4) is 0 Å². The lowest BCUT2D eigenvalue weighted by Gasteiger charge is -2.02. The van der Waals surface area contributed by atoms with Crippen molar-refractivity contribution in [2.45, 2.75) is 19.8 Å². The van der Waals surface area contributed by atoms with Crippen molar-refractivity contribution in [2.24, 2.45) is 0 Å². The quantitative estimate of drug-likeness (QED) is 0.829. The molecular formula is C9H11BrN2O. The van der Waals surface area contributed by atoms with Crippen LogP contribution in [0.15, 0.2) is 22.8 Å². The lowest BCUT2D eigenvalue weighted by molar-refractivity contribution is -0.116. The zero-order chi connectivity index (χ0) is 9.68. The zero-order valence-corrected chi connectivity index (χ0v) is 8.97. The van der Waals surface area contributed by atoms with Gasteiger partial charge in [0.2, 0.25) is 5.91 Å². The normalized spacial score (nSPS) is 9.69. The van der Waals surface area contributed by atoms with E-state index in [9.17, 15) is 4.79 Å². The topological polar surface area (TPSA) is 42.0 Å². The van der Waals surface area contributed by atoms with Crippen LogP contribution in [0.1, 0.15) is 19.8 Å². The van der Waals surface area contributed by atoms with Crippen LogP contribution >= 0.6 is 15.9 Å². The van der Waals surface area contributed by atoms with E-state index in [0.29, 0.717) is 12.2 Å². The van der Waals surface area contributed by atoms with E-state index in [4.69, 9.17) is 0 Å². The van der Waals surface area contributed by atoms with E-state index >= 15 is 0 Å². The Labute approximate surface area is 85.7 Å². The fourth-order valence-corrected chi connectivity index (χ4v) is 1.25. The summed E-state index contributed by atoms with van der Waals surface area (Å²) in [7, 11) is 0. The molecule has 3 nitrogen and oxygen atoms in total. The maximum Gasteiger partial charge on any atom is 0.225 e. The molecule has 1 rings (SSSR count). The monoisotopic (exact) mass is 242 g/mol. The Bertz CT molecular complexity index is 301. The Morgan fingerprint density at radius 2 is 2.38 bits per heavy atom. The number of carbonyl (C=O) groups excluding carboxylic acids is 1.